The van der Waals surface area contributed by atoms with Gasteiger partial charge in [0.25, 0.3) is 0 Å². The maximum Gasteiger partial charge on any atom is 0.243 e. The van der Waals surface area contributed by atoms with E-state index in [1.807, 2.05) is 0 Å². The number of thiophene rings is 1. The first kappa shape index (κ1) is 22.9. The topological polar surface area (TPSA) is 78.4 Å². The van der Waals surface area contributed by atoms with E-state index in [1.165, 1.54) is 10.4 Å². The average Bonchev–Trinajstić information content (AvgIpc) is 3.12. The van der Waals surface area contributed by atoms with Crippen LogP contribution in [0.1, 0.15) is 12.5 Å². The first-order chi connectivity index (χ1) is 14.8. The van der Waals surface area contributed by atoms with Crippen molar-refractivity contribution < 1.29 is 8.42 Å². The van der Waals surface area contributed by atoms with Crippen molar-refractivity contribution in [2.24, 2.45) is 0 Å². The molecule has 31 heavy (non-hydrogen) atoms. The third-order valence-electron chi connectivity index (χ3n) is 5.31. The monoisotopic (exact) mass is 543 g/mol. The van der Waals surface area contributed by atoms with E-state index in [4.69, 9.17) is 11.6 Å². The fourth-order valence-corrected chi connectivity index (χ4v) is 6.57. The van der Waals surface area contributed by atoms with E-state index in [2.05, 4.69) is 55.3 Å². The van der Waals surface area contributed by atoms with Crippen molar-refractivity contribution in [2.45, 2.75) is 24.8 Å². The van der Waals surface area contributed by atoms with Crippen LogP contribution in [0.3, 0.4) is 0 Å². The highest BCUT2D eigenvalue weighted by Gasteiger charge is 2.29. The molecule has 11 heteroatoms. The number of sulfonamides is 1. The molecule has 1 aliphatic rings. The van der Waals surface area contributed by atoms with Gasteiger partial charge in [-0.3, -0.25) is 4.90 Å². The van der Waals surface area contributed by atoms with Gasteiger partial charge >= 0.3 is 0 Å². The number of fused-ring (bicyclic) bond motifs is 1. The van der Waals surface area contributed by atoms with E-state index in [1.54, 1.807) is 29.8 Å². The molecule has 166 valence electrons. The molecule has 0 aliphatic carbocycles. The van der Waals surface area contributed by atoms with Crippen LogP contribution in [0.4, 0.5) is 5.82 Å². The Morgan fingerprint density at radius 2 is 2.00 bits per heavy atom. The summed E-state index contributed by atoms with van der Waals surface area (Å²) in [5.74, 6) is 0.851. The number of piperazine rings is 1. The summed E-state index contributed by atoms with van der Waals surface area (Å²) in [6.07, 6.45) is 1.59. The van der Waals surface area contributed by atoms with Gasteiger partial charge in [-0.2, -0.15) is 4.31 Å². The molecule has 7 nitrogen and oxygen atoms in total. The maximum absolute atomic E-state index is 13.0. The molecule has 1 fully saturated rings. The van der Waals surface area contributed by atoms with Crippen molar-refractivity contribution in [3.63, 3.8) is 0 Å². The van der Waals surface area contributed by atoms with Crippen LogP contribution in [-0.2, 0) is 10.0 Å². The molecule has 3 heterocycles. The Hall–Kier alpha value is -1.30. The average molecular weight is 545 g/mol. The molecule has 0 bridgehead atoms. The number of benzene rings is 1. The van der Waals surface area contributed by atoms with Gasteiger partial charge in [0.15, 0.2) is 0 Å². The number of hydrogen-bond acceptors (Lipinski definition) is 7. The number of halogens is 2. The Balaban J connectivity index is 1.36. The number of anilines is 1. The second-order valence-electron chi connectivity index (χ2n) is 7.64. The summed E-state index contributed by atoms with van der Waals surface area (Å²) in [7, 11) is -3.55. The Labute approximate surface area is 199 Å². The molecule has 0 amide bonds. The lowest BCUT2D eigenvalue weighted by molar-refractivity contribution is 0.184. The molecular formula is C20H23BrClN5O2S2. The number of aromatic nitrogens is 2. The molecule has 1 atom stereocenters. The Morgan fingerprint density at radius 3 is 2.71 bits per heavy atom. The molecule has 2 aromatic heterocycles. The molecule has 1 aromatic carbocycles. The number of aryl methyl sites for hydroxylation is 1. The van der Waals surface area contributed by atoms with Gasteiger partial charge in [-0.05, 0) is 58.9 Å². The highest BCUT2D eigenvalue weighted by Crippen LogP contribution is 2.29. The zero-order chi connectivity index (χ0) is 22.2. The quantitative estimate of drug-likeness (QED) is 0.501. The van der Waals surface area contributed by atoms with E-state index in [0.717, 1.165) is 28.1 Å². The van der Waals surface area contributed by atoms with E-state index in [0.29, 0.717) is 35.7 Å². The largest absolute Gasteiger partial charge is 0.365 e. The third-order valence-corrected chi connectivity index (χ3v) is 9.53. The van der Waals surface area contributed by atoms with Crippen LogP contribution in [0.5, 0.6) is 0 Å². The van der Waals surface area contributed by atoms with Crippen LogP contribution >= 0.6 is 38.9 Å². The lowest BCUT2D eigenvalue weighted by Crippen LogP contribution is -2.50. The zero-order valence-electron chi connectivity index (χ0n) is 17.2. The number of rotatable bonds is 6. The molecule has 3 aromatic rings. The van der Waals surface area contributed by atoms with Gasteiger partial charge in [-0.25, -0.2) is 18.4 Å². The molecule has 4 rings (SSSR count). The minimum atomic E-state index is -3.55. The summed E-state index contributed by atoms with van der Waals surface area (Å²) in [6, 6.07) is 4.90. The van der Waals surface area contributed by atoms with Gasteiger partial charge < -0.3 is 5.32 Å². The predicted molar refractivity (Wildman–Crippen MR) is 130 cm³/mol. The summed E-state index contributed by atoms with van der Waals surface area (Å²) in [5.41, 5.74) is 2.14. The second kappa shape index (κ2) is 9.29. The van der Waals surface area contributed by atoms with E-state index < -0.39 is 10.0 Å². The zero-order valence-corrected chi connectivity index (χ0v) is 21.2. The van der Waals surface area contributed by atoms with E-state index >= 15 is 0 Å². The standard InChI is InChI=1S/C20H23BrClN5O2S2/c1-13-11-30-19-18(13)23-12-24-20(19)25-14(2)10-26-5-7-27(8-6-26)31(28,29)15-3-4-16(21)17(22)9-15/h3-4,9,11-12,14H,5-8,10H2,1-2H3,(H,23,24,25). The minimum Gasteiger partial charge on any atom is -0.365 e. The van der Waals surface area contributed by atoms with Gasteiger partial charge in [-0.1, -0.05) is 11.6 Å². The van der Waals surface area contributed by atoms with Crippen molar-refractivity contribution in [3.8, 4) is 0 Å². The first-order valence-electron chi connectivity index (χ1n) is 9.88. The van der Waals surface area contributed by atoms with Crippen LogP contribution in [0.25, 0.3) is 10.2 Å². The fraction of sp³-hybridized carbons (Fsp3) is 0.400. The van der Waals surface area contributed by atoms with Crippen molar-refractivity contribution in [2.75, 3.05) is 38.0 Å². The summed E-state index contributed by atoms with van der Waals surface area (Å²) >= 11 is 11.0. The lowest BCUT2D eigenvalue weighted by atomic mass is 10.2. The first-order valence-corrected chi connectivity index (χ1v) is 13.4. The van der Waals surface area contributed by atoms with Crippen molar-refractivity contribution in [3.05, 3.63) is 45.0 Å². The Kier molecular flexibility index (Phi) is 6.85. The molecule has 1 saturated heterocycles. The van der Waals surface area contributed by atoms with Gasteiger partial charge in [0.1, 0.15) is 12.1 Å². The number of nitrogens with one attached hydrogen (secondary N) is 1. The number of nitrogens with zero attached hydrogens (tertiary/aromatic N) is 4. The van der Waals surface area contributed by atoms with E-state index in [-0.39, 0.29) is 10.9 Å². The molecular weight excluding hydrogens is 522 g/mol. The molecule has 0 saturated carbocycles. The Morgan fingerprint density at radius 1 is 1.26 bits per heavy atom. The normalized spacial score (nSPS) is 17.2. The van der Waals surface area contributed by atoms with Crippen molar-refractivity contribution in [1.29, 1.82) is 0 Å². The lowest BCUT2D eigenvalue weighted by Gasteiger charge is -2.35. The number of hydrogen-bond donors (Lipinski definition) is 1. The van der Waals surface area contributed by atoms with Crippen LogP contribution in [0.2, 0.25) is 5.02 Å². The van der Waals surface area contributed by atoms with E-state index in [9.17, 15) is 8.42 Å². The highest BCUT2D eigenvalue weighted by atomic mass is 79.9. The predicted octanol–water partition coefficient (Wildman–Crippen LogP) is 4.22. The smallest absolute Gasteiger partial charge is 0.243 e. The molecule has 1 unspecified atom stereocenters. The third kappa shape index (κ3) is 4.89. The minimum absolute atomic E-state index is 0.161. The molecule has 0 radical (unpaired) electrons. The van der Waals surface area contributed by atoms with Gasteiger partial charge in [-0.15, -0.1) is 11.3 Å². The van der Waals surface area contributed by atoms with Crippen LogP contribution in [-0.4, -0.2) is 66.4 Å². The van der Waals surface area contributed by atoms with Crippen LogP contribution < -0.4 is 5.32 Å². The van der Waals surface area contributed by atoms with Gasteiger partial charge in [0, 0.05) is 43.2 Å². The highest BCUT2D eigenvalue weighted by molar-refractivity contribution is 9.10. The molecule has 1 N–H and O–H groups in total. The summed E-state index contributed by atoms with van der Waals surface area (Å²) in [4.78, 5) is 11.3. The second-order valence-corrected chi connectivity index (χ2v) is 11.7. The SMILES string of the molecule is Cc1csc2c(NC(C)CN3CCN(S(=O)(=O)c4ccc(Br)c(Cl)c4)CC3)ncnc12. The summed E-state index contributed by atoms with van der Waals surface area (Å²) in [5, 5.41) is 5.97. The maximum atomic E-state index is 13.0. The molecule has 0 spiro atoms. The summed E-state index contributed by atoms with van der Waals surface area (Å²) < 4.78 is 29.2. The van der Waals surface area contributed by atoms with Crippen molar-refractivity contribution >= 4 is 64.9 Å². The Bertz CT molecular complexity index is 1200. The molecule has 1 aliphatic heterocycles. The van der Waals surface area contributed by atoms with Crippen molar-refractivity contribution in [1.82, 2.24) is 19.2 Å². The van der Waals surface area contributed by atoms with Gasteiger partial charge in [0.2, 0.25) is 10.0 Å². The van der Waals surface area contributed by atoms with Crippen LogP contribution in [0.15, 0.2) is 39.3 Å². The van der Waals surface area contributed by atoms with Crippen LogP contribution in [0, 0.1) is 6.92 Å². The summed E-state index contributed by atoms with van der Waals surface area (Å²) in [6.45, 7) is 7.21. The van der Waals surface area contributed by atoms with Gasteiger partial charge in [0.05, 0.1) is 20.1 Å². The fourth-order valence-electron chi connectivity index (χ4n) is 3.68.